The Hall–Kier alpha value is -0.670. The monoisotopic (exact) mass is 275 g/mol. The molecule has 0 aliphatic carbocycles. The first kappa shape index (κ1) is 14.4. The zero-order chi connectivity index (χ0) is 12.8. The number of nitrogens with one attached hydrogen (secondary N) is 2. The summed E-state index contributed by atoms with van der Waals surface area (Å²) in [4.78, 5) is 4.32. The van der Waals surface area contributed by atoms with Gasteiger partial charge in [-0.05, 0) is 24.8 Å². The number of aromatic nitrogens is 1. The Labute approximate surface area is 113 Å². The van der Waals surface area contributed by atoms with Crippen molar-refractivity contribution in [2.45, 2.75) is 26.7 Å². The fourth-order valence-electron chi connectivity index (χ4n) is 1.48. The summed E-state index contributed by atoms with van der Waals surface area (Å²) in [6.07, 6.45) is 2.30. The highest BCUT2D eigenvalue weighted by Gasteiger charge is 2.07. The predicted molar refractivity (Wildman–Crippen MR) is 76.4 cm³/mol. The number of anilines is 2. The van der Waals surface area contributed by atoms with Crippen molar-refractivity contribution in [3.05, 3.63) is 16.1 Å². The van der Waals surface area contributed by atoms with Gasteiger partial charge < -0.3 is 10.6 Å². The second kappa shape index (κ2) is 6.92. The molecule has 3 nitrogen and oxygen atoms in total. The van der Waals surface area contributed by atoms with Crippen molar-refractivity contribution < 1.29 is 0 Å². The van der Waals surface area contributed by atoms with Gasteiger partial charge in [0, 0.05) is 13.6 Å². The number of rotatable bonds is 6. The van der Waals surface area contributed by atoms with Crippen LogP contribution < -0.4 is 10.6 Å². The van der Waals surface area contributed by atoms with E-state index in [1.807, 2.05) is 0 Å². The van der Waals surface area contributed by atoms with Crippen LogP contribution in [0, 0.1) is 5.92 Å². The lowest BCUT2D eigenvalue weighted by molar-refractivity contribution is 0.567. The van der Waals surface area contributed by atoms with Crippen LogP contribution in [0.2, 0.25) is 10.0 Å². The van der Waals surface area contributed by atoms with Gasteiger partial charge in [0.2, 0.25) is 0 Å². The molecule has 0 aliphatic heterocycles. The van der Waals surface area contributed by atoms with E-state index in [0.717, 1.165) is 18.9 Å². The van der Waals surface area contributed by atoms with E-state index in [1.54, 1.807) is 13.1 Å². The molecule has 0 aliphatic rings. The van der Waals surface area contributed by atoms with E-state index >= 15 is 0 Å². The summed E-state index contributed by atoms with van der Waals surface area (Å²) in [5.74, 6) is 2.05. The molecule has 0 aromatic carbocycles. The Morgan fingerprint density at radius 3 is 2.47 bits per heavy atom. The third kappa shape index (κ3) is 4.60. The summed E-state index contributed by atoms with van der Waals surface area (Å²) < 4.78 is 0. The Bertz CT molecular complexity index is 367. The molecule has 0 radical (unpaired) electrons. The molecule has 96 valence electrons. The molecule has 0 amide bonds. The highest BCUT2D eigenvalue weighted by molar-refractivity contribution is 6.37. The summed E-state index contributed by atoms with van der Waals surface area (Å²) in [7, 11) is 1.78. The lowest BCUT2D eigenvalue weighted by atomic mass is 10.1. The van der Waals surface area contributed by atoms with E-state index in [-0.39, 0.29) is 0 Å². The van der Waals surface area contributed by atoms with Crippen molar-refractivity contribution in [2.75, 3.05) is 24.2 Å². The largest absolute Gasteiger partial charge is 0.372 e. The molecule has 5 heteroatoms. The summed E-state index contributed by atoms with van der Waals surface area (Å²) in [6, 6.07) is 1.70. The Balaban J connectivity index is 2.58. The molecule has 0 unspecified atom stereocenters. The van der Waals surface area contributed by atoms with Gasteiger partial charge in [0.15, 0.2) is 0 Å². The van der Waals surface area contributed by atoms with Gasteiger partial charge in [-0.1, -0.05) is 37.0 Å². The van der Waals surface area contributed by atoms with E-state index in [4.69, 9.17) is 23.2 Å². The Morgan fingerprint density at radius 1 is 1.24 bits per heavy atom. The van der Waals surface area contributed by atoms with Crippen LogP contribution in [-0.2, 0) is 0 Å². The third-order valence-corrected chi connectivity index (χ3v) is 2.99. The Morgan fingerprint density at radius 2 is 1.88 bits per heavy atom. The van der Waals surface area contributed by atoms with Gasteiger partial charge in [0.1, 0.15) is 11.6 Å². The zero-order valence-corrected chi connectivity index (χ0v) is 12.0. The number of hydrogen-bond acceptors (Lipinski definition) is 3. The van der Waals surface area contributed by atoms with Crippen LogP contribution >= 0.6 is 23.2 Å². The van der Waals surface area contributed by atoms with Gasteiger partial charge in [0.25, 0.3) is 0 Å². The molecule has 1 aromatic heterocycles. The summed E-state index contributed by atoms with van der Waals surface area (Å²) in [5, 5.41) is 7.25. The number of pyridine rings is 1. The minimum absolute atomic E-state index is 0.533. The first-order valence-corrected chi connectivity index (χ1v) is 6.57. The zero-order valence-electron chi connectivity index (χ0n) is 10.5. The molecule has 0 atom stereocenters. The quantitative estimate of drug-likeness (QED) is 0.761. The maximum atomic E-state index is 6.06. The van der Waals surface area contributed by atoms with Crippen LogP contribution in [0.5, 0.6) is 0 Å². The van der Waals surface area contributed by atoms with Crippen LogP contribution in [0.4, 0.5) is 11.6 Å². The third-order valence-electron chi connectivity index (χ3n) is 2.42. The first-order valence-electron chi connectivity index (χ1n) is 5.82. The van der Waals surface area contributed by atoms with Crippen molar-refractivity contribution in [1.29, 1.82) is 0 Å². The fraction of sp³-hybridized carbons (Fsp3) is 0.583. The highest BCUT2D eigenvalue weighted by Crippen LogP contribution is 2.28. The number of hydrogen-bond donors (Lipinski definition) is 2. The highest BCUT2D eigenvalue weighted by atomic mass is 35.5. The molecule has 0 fully saturated rings. The smallest absolute Gasteiger partial charge is 0.147 e. The number of nitrogens with zero attached hydrogens (tertiary/aromatic N) is 1. The van der Waals surface area contributed by atoms with Crippen molar-refractivity contribution in [1.82, 2.24) is 4.98 Å². The van der Waals surface area contributed by atoms with E-state index < -0.39 is 0 Å². The minimum Gasteiger partial charge on any atom is -0.372 e. The van der Waals surface area contributed by atoms with Crippen LogP contribution in [0.25, 0.3) is 0 Å². The van der Waals surface area contributed by atoms with Gasteiger partial charge in [-0.2, -0.15) is 0 Å². The average molecular weight is 276 g/mol. The predicted octanol–water partition coefficient (Wildman–Crippen LogP) is 4.28. The van der Waals surface area contributed by atoms with Crippen LogP contribution in [-0.4, -0.2) is 18.6 Å². The maximum Gasteiger partial charge on any atom is 0.147 e. The second-order valence-electron chi connectivity index (χ2n) is 4.36. The molecule has 17 heavy (non-hydrogen) atoms. The topological polar surface area (TPSA) is 37.0 Å². The number of halogens is 2. The van der Waals surface area contributed by atoms with Gasteiger partial charge in [-0.25, -0.2) is 4.98 Å². The summed E-state index contributed by atoms with van der Waals surface area (Å²) in [5.41, 5.74) is 0. The molecule has 1 aromatic rings. The van der Waals surface area contributed by atoms with Crippen molar-refractivity contribution in [2.24, 2.45) is 5.92 Å². The van der Waals surface area contributed by atoms with Crippen LogP contribution in [0.3, 0.4) is 0 Å². The van der Waals surface area contributed by atoms with Gasteiger partial charge >= 0.3 is 0 Å². The van der Waals surface area contributed by atoms with Crippen LogP contribution in [0.15, 0.2) is 6.07 Å². The average Bonchev–Trinajstić information content (AvgIpc) is 2.26. The molecular formula is C12H19Cl2N3. The van der Waals surface area contributed by atoms with E-state index in [9.17, 15) is 0 Å². The molecule has 0 saturated carbocycles. The van der Waals surface area contributed by atoms with Gasteiger partial charge in [-0.15, -0.1) is 0 Å². The van der Waals surface area contributed by atoms with Crippen molar-refractivity contribution in [3.8, 4) is 0 Å². The molecule has 1 rings (SSSR count). The van der Waals surface area contributed by atoms with E-state index in [1.165, 1.54) is 6.42 Å². The van der Waals surface area contributed by atoms with Crippen molar-refractivity contribution >= 4 is 34.8 Å². The molecular weight excluding hydrogens is 257 g/mol. The molecule has 2 N–H and O–H groups in total. The van der Waals surface area contributed by atoms with Gasteiger partial charge in [0.05, 0.1) is 10.0 Å². The summed E-state index contributed by atoms with van der Waals surface area (Å²) in [6.45, 7) is 5.30. The molecule has 0 spiro atoms. The first-order chi connectivity index (χ1) is 8.04. The lowest BCUT2D eigenvalue weighted by Gasteiger charge is -2.11. The summed E-state index contributed by atoms with van der Waals surface area (Å²) >= 11 is 12.0. The maximum absolute atomic E-state index is 6.06. The van der Waals surface area contributed by atoms with E-state index in [0.29, 0.717) is 21.7 Å². The molecule has 0 saturated heterocycles. The standard InChI is InChI=1S/C12H19Cl2N3/c1-8(2)5-4-6-16-12-10(14)7-9(13)11(15-3)17-12/h7-8H,4-6H2,1-3H3,(H2,15,16,17). The van der Waals surface area contributed by atoms with Gasteiger partial charge in [-0.3, -0.25) is 0 Å². The van der Waals surface area contributed by atoms with Crippen LogP contribution in [0.1, 0.15) is 26.7 Å². The second-order valence-corrected chi connectivity index (χ2v) is 5.18. The SMILES string of the molecule is CNc1nc(NCCCC(C)C)c(Cl)cc1Cl. The fourth-order valence-corrected chi connectivity index (χ4v) is 2.00. The molecule has 1 heterocycles. The molecule has 0 bridgehead atoms. The lowest BCUT2D eigenvalue weighted by Crippen LogP contribution is -2.06. The Kier molecular flexibility index (Phi) is 5.86. The van der Waals surface area contributed by atoms with E-state index in [2.05, 4.69) is 29.5 Å². The minimum atomic E-state index is 0.533. The van der Waals surface area contributed by atoms with Crippen molar-refractivity contribution in [3.63, 3.8) is 0 Å². The normalized spacial score (nSPS) is 10.7.